The third-order valence-electron chi connectivity index (χ3n) is 2.77. The van der Waals surface area contributed by atoms with E-state index >= 15 is 0 Å². The summed E-state index contributed by atoms with van der Waals surface area (Å²) in [7, 11) is 2.14. The zero-order chi connectivity index (χ0) is 13.3. The van der Waals surface area contributed by atoms with Crippen molar-refractivity contribution in [3.63, 3.8) is 0 Å². The number of hydrogen-bond donors (Lipinski definition) is 1. The monoisotopic (exact) mass is 266 g/mol. The second-order valence-corrected chi connectivity index (χ2v) is 4.42. The maximum atomic E-state index is 13.7. The van der Waals surface area contributed by atoms with Gasteiger partial charge in [0.25, 0.3) is 6.08 Å². The van der Waals surface area contributed by atoms with Gasteiger partial charge in [-0.1, -0.05) is 39.6 Å². The van der Waals surface area contributed by atoms with Crippen molar-refractivity contribution in [3.8, 4) is 0 Å². The molecule has 0 aliphatic carbocycles. The summed E-state index contributed by atoms with van der Waals surface area (Å²) < 4.78 is 14.8. The molecule has 94 valence electrons. The number of hydrogen-bond acceptors (Lipinski definition) is 2. The first kappa shape index (κ1) is 12.7. The molecule has 4 nitrogen and oxygen atoms in total. The van der Waals surface area contributed by atoms with E-state index in [-0.39, 0.29) is 11.1 Å². The van der Waals surface area contributed by atoms with Crippen molar-refractivity contribution in [3.05, 3.63) is 47.7 Å². The molecule has 0 saturated carbocycles. The summed E-state index contributed by atoms with van der Waals surface area (Å²) in [4.78, 5) is 14.7. The Hall–Kier alpha value is -1.74. The summed E-state index contributed by atoms with van der Waals surface area (Å²) in [6, 6.07) is 8.70. The predicted octanol–water partition coefficient (Wildman–Crippen LogP) is 1.83. The molecule has 0 spiro atoms. The van der Waals surface area contributed by atoms with E-state index < -0.39 is 18.1 Å². The van der Waals surface area contributed by atoms with Crippen molar-refractivity contribution >= 4 is 20.6 Å². The number of aromatic nitrogens is 2. The lowest BCUT2D eigenvalue weighted by molar-refractivity contribution is 0.0683. The summed E-state index contributed by atoms with van der Waals surface area (Å²) in [5.41, 5.74) is 0.776. The molecule has 1 unspecified atom stereocenters. The number of imidazole rings is 1. The van der Waals surface area contributed by atoms with Crippen LogP contribution in [0.3, 0.4) is 0 Å². The summed E-state index contributed by atoms with van der Waals surface area (Å²) in [5, 5.41) is 9.11. The van der Waals surface area contributed by atoms with Crippen LogP contribution in [0.2, 0.25) is 0 Å². The fraction of sp³-hybridized carbons (Fsp3) is 0.167. The maximum absolute atomic E-state index is 13.7. The predicted molar refractivity (Wildman–Crippen MR) is 68.7 cm³/mol. The number of carbonyl (C=O) groups is 1. The minimum Gasteiger partial charge on any atom is -0.477 e. The van der Waals surface area contributed by atoms with Crippen LogP contribution in [0.4, 0.5) is 4.39 Å². The van der Waals surface area contributed by atoms with Gasteiger partial charge in [0.05, 0.1) is 11.5 Å². The van der Waals surface area contributed by atoms with Gasteiger partial charge < -0.3 is 5.11 Å². The lowest BCUT2D eigenvalue weighted by Crippen LogP contribution is -2.18. The summed E-state index contributed by atoms with van der Waals surface area (Å²) >= 11 is 0. The number of rotatable bonds is 3. The first-order valence-electron chi connectivity index (χ1n) is 5.33. The molecule has 0 fully saturated rings. The summed E-state index contributed by atoms with van der Waals surface area (Å²) in [6.07, 6.45) is -0.797. The van der Waals surface area contributed by atoms with Gasteiger partial charge >= 0.3 is 5.97 Å². The Morgan fingerprint density at radius 3 is 2.61 bits per heavy atom. The van der Waals surface area contributed by atoms with Gasteiger partial charge in [-0.05, 0) is 12.5 Å². The number of carboxylic acid groups (broad SMARTS) is 1. The van der Waals surface area contributed by atoms with Crippen molar-refractivity contribution in [2.24, 2.45) is 0 Å². The van der Waals surface area contributed by atoms with Crippen LogP contribution in [0, 0.1) is 6.08 Å². The fourth-order valence-electron chi connectivity index (χ4n) is 1.87. The fourth-order valence-corrected chi connectivity index (χ4v) is 2.24. The van der Waals surface area contributed by atoms with E-state index in [2.05, 4.69) is 14.2 Å². The topological polar surface area (TPSA) is 55.1 Å². The summed E-state index contributed by atoms with van der Waals surface area (Å²) in [6.45, 7) is 1.73. The minimum atomic E-state index is -1.20. The number of carboxylic acids is 1. The Morgan fingerprint density at radius 1 is 1.44 bits per heavy atom. The molecule has 0 aliphatic rings. The van der Waals surface area contributed by atoms with Crippen LogP contribution < -0.4 is 5.44 Å². The number of aromatic carboxylic acids is 1. The molecule has 6 heteroatoms. The molecule has 2 atom stereocenters. The molecular weight excluding hydrogens is 254 g/mol. The molecule has 0 radical (unpaired) electrons. The van der Waals surface area contributed by atoms with Gasteiger partial charge in [-0.25, -0.2) is 9.78 Å². The van der Waals surface area contributed by atoms with Crippen molar-refractivity contribution in [2.75, 3.05) is 0 Å². The number of halogens is 1. The van der Waals surface area contributed by atoms with Gasteiger partial charge in [0.2, 0.25) is 0 Å². The van der Waals surface area contributed by atoms with E-state index in [1.165, 1.54) is 0 Å². The van der Waals surface area contributed by atoms with Gasteiger partial charge in [0.15, 0.2) is 5.69 Å². The van der Waals surface area contributed by atoms with Crippen molar-refractivity contribution in [1.82, 2.24) is 9.55 Å². The van der Waals surface area contributed by atoms with E-state index in [0.29, 0.717) is 0 Å². The average Bonchev–Trinajstić information content (AvgIpc) is 2.64. The minimum absolute atomic E-state index is 0.0998. The van der Waals surface area contributed by atoms with E-state index in [1.807, 2.05) is 30.3 Å². The highest BCUT2D eigenvalue weighted by molar-refractivity contribution is 7.27. The standard InChI is InChI=1S/C12H12FN2O2P/c1-7(8-5-3-2-4-6-8)15-9(11(16)17)10(18)14-12(15)13/h2-7H,18H2,1H3,(H,16,17)/t7-/m1/s1. The van der Waals surface area contributed by atoms with Crippen molar-refractivity contribution < 1.29 is 14.3 Å². The summed E-state index contributed by atoms with van der Waals surface area (Å²) in [5.74, 6) is -1.20. The third-order valence-corrected chi connectivity index (χ3v) is 3.17. The molecule has 0 bridgehead atoms. The Bertz CT molecular complexity index is 583. The molecule has 18 heavy (non-hydrogen) atoms. The van der Waals surface area contributed by atoms with Crippen LogP contribution in [0.1, 0.15) is 29.0 Å². The third kappa shape index (κ3) is 2.14. The van der Waals surface area contributed by atoms with Gasteiger partial charge in [0, 0.05) is 0 Å². The van der Waals surface area contributed by atoms with Crippen LogP contribution in [0.25, 0.3) is 0 Å². The van der Waals surface area contributed by atoms with Gasteiger partial charge in [-0.15, -0.1) is 0 Å². The highest BCUT2D eigenvalue weighted by atomic mass is 31.0. The van der Waals surface area contributed by atoms with Crippen molar-refractivity contribution in [1.29, 1.82) is 0 Å². The van der Waals surface area contributed by atoms with Crippen LogP contribution in [-0.2, 0) is 0 Å². The largest absolute Gasteiger partial charge is 0.477 e. The highest BCUT2D eigenvalue weighted by Crippen LogP contribution is 2.21. The molecule has 1 heterocycles. The lowest BCUT2D eigenvalue weighted by Gasteiger charge is -2.15. The average molecular weight is 266 g/mol. The quantitative estimate of drug-likeness (QED) is 0.862. The molecule has 0 amide bonds. The lowest BCUT2D eigenvalue weighted by atomic mass is 10.1. The number of nitrogens with zero attached hydrogens (tertiary/aromatic N) is 2. The molecule has 1 aromatic carbocycles. The Kier molecular flexibility index (Phi) is 3.43. The van der Waals surface area contributed by atoms with Crippen LogP contribution in [-0.4, -0.2) is 20.6 Å². The second kappa shape index (κ2) is 4.86. The smallest absolute Gasteiger partial charge is 0.354 e. The zero-order valence-corrected chi connectivity index (χ0v) is 10.8. The Labute approximate surface area is 106 Å². The normalized spacial score (nSPS) is 12.4. The van der Waals surface area contributed by atoms with Crippen molar-refractivity contribution in [2.45, 2.75) is 13.0 Å². The molecule has 0 saturated heterocycles. The van der Waals surface area contributed by atoms with E-state index in [1.54, 1.807) is 6.92 Å². The second-order valence-electron chi connectivity index (χ2n) is 3.88. The van der Waals surface area contributed by atoms with Crippen LogP contribution in [0.5, 0.6) is 0 Å². The molecule has 1 N–H and O–H groups in total. The molecule has 0 aliphatic heterocycles. The van der Waals surface area contributed by atoms with E-state index in [9.17, 15) is 9.18 Å². The van der Waals surface area contributed by atoms with Crippen LogP contribution in [0.15, 0.2) is 30.3 Å². The molecule has 2 rings (SSSR count). The van der Waals surface area contributed by atoms with E-state index in [4.69, 9.17) is 5.11 Å². The highest BCUT2D eigenvalue weighted by Gasteiger charge is 2.24. The SMILES string of the molecule is C[C@H](c1ccccc1)n1c(F)nc(P)c1C(=O)O. The van der Waals surface area contributed by atoms with Crippen LogP contribution >= 0.6 is 9.24 Å². The molecule has 1 aromatic heterocycles. The Morgan fingerprint density at radius 2 is 2.06 bits per heavy atom. The first-order valence-corrected chi connectivity index (χ1v) is 5.91. The van der Waals surface area contributed by atoms with Gasteiger partial charge in [0.1, 0.15) is 0 Å². The molecular formula is C12H12FN2O2P. The Balaban J connectivity index is 2.55. The zero-order valence-electron chi connectivity index (χ0n) is 9.67. The maximum Gasteiger partial charge on any atom is 0.354 e. The van der Waals surface area contributed by atoms with Gasteiger partial charge in [-0.3, -0.25) is 4.57 Å². The first-order chi connectivity index (χ1) is 8.52. The number of benzene rings is 1. The van der Waals surface area contributed by atoms with E-state index in [0.717, 1.165) is 10.1 Å². The molecule has 2 aromatic rings. The van der Waals surface area contributed by atoms with Gasteiger partial charge in [-0.2, -0.15) is 4.39 Å².